The standard InChI is InChI=1S/C30H32N2O7S2/c1-2-38-30(35)28-23-14-8-9-15-25(23)40-29(28)31-26(33)19-39-27(34)18-24-22-13-7-6-10-20(22)16-17-32(24)41(36,37)21-11-4-3-5-12-21/h3-7,10-13,24H,2,8-9,14-19H2,1H3,(H,31,33). The lowest BCUT2D eigenvalue weighted by Gasteiger charge is -2.36. The van der Waals surface area contributed by atoms with E-state index in [1.807, 2.05) is 24.3 Å². The van der Waals surface area contributed by atoms with Gasteiger partial charge in [0.1, 0.15) is 5.00 Å². The second kappa shape index (κ2) is 12.5. The number of ether oxygens (including phenoxy) is 2. The number of esters is 2. The van der Waals surface area contributed by atoms with Crippen LogP contribution in [0.3, 0.4) is 0 Å². The van der Waals surface area contributed by atoms with E-state index in [4.69, 9.17) is 9.47 Å². The highest BCUT2D eigenvalue weighted by Crippen LogP contribution is 2.39. The smallest absolute Gasteiger partial charge is 0.341 e. The number of rotatable bonds is 9. The fourth-order valence-electron chi connectivity index (χ4n) is 5.45. The van der Waals surface area contributed by atoms with E-state index in [0.717, 1.165) is 47.3 Å². The van der Waals surface area contributed by atoms with Crippen molar-refractivity contribution in [2.45, 2.75) is 56.4 Å². The van der Waals surface area contributed by atoms with E-state index in [9.17, 15) is 22.8 Å². The number of sulfonamides is 1. The van der Waals surface area contributed by atoms with Crippen molar-refractivity contribution in [3.63, 3.8) is 0 Å². The van der Waals surface area contributed by atoms with Gasteiger partial charge in [0.25, 0.3) is 5.91 Å². The Morgan fingerprint density at radius 2 is 1.71 bits per heavy atom. The quantitative estimate of drug-likeness (QED) is 0.357. The van der Waals surface area contributed by atoms with Gasteiger partial charge in [-0.1, -0.05) is 42.5 Å². The van der Waals surface area contributed by atoms with Crippen LogP contribution in [0.1, 0.15) is 64.2 Å². The van der Waals surface area contributed by atoms with Crippen LogP contribution in [0.4, 0.5) is 5.00 Å². The molecule has 0 bridgehead atoms. The first-order chi connectivity index (χ1) is 19.8. The van der Waals surface area contributed by atoms with E-state index in [-0.39, 0.29) is 24.5 Å². The van der Waals surface area contributed by atoms with Crippen molar-refractivity contribution in [1.82, 2.24) is 4.31 Å². The number of carbonyl (C=O) groups is 3. The normalized spacial score (nSPS) is 16.8. The Balaban J connectivity index is 1.29. The van der Waals surface area contributed by atoms with Crippen molar-refractivity contribution >= 4 is 44.2 Å². The molecule has 41 heavy (non-hydrogen) atoms. The lowest BCUT2D eigenvalue weighted by Crippen LogP contribution is -2.41. The fraction of sp³-hybridized carbons (Fsp3) is 0.367. The molecule has 0 spiro atoms. The fourth-order valence-corrected chi connectivity index (χ4v) is 8.37. The van der Waals surface area contributed by atoms with E-state index < -0.39 is 40.5 Å². The maximum absolute atomic E-state index is 13.5. The molecule has 11 heteroatoms. The number of nitrogens with zero attached hydrogens (tertiary/aromatic N) is 1. The molecule has 1 aliphatic heterocycles. The predicted molar refractivity (Wildman–Crippen MR) is 154 cm³/mol. The third kappa shape index (κ3) is 6.22. The first-order valence-corrected chi connectivity index (χ1v) is 16.0. The zero-order chi connectivity index (χ0) is 29.0. The molecule has 216 valence electrons. The molecule has 9 nitrogen and oxygen atoms in total. The summed E-state index contributed by atoms with van der Waals surface area (Å²) in [4.78, 5) is 39.7. The molecule has 3 aromatic rings. The zero-order valence-electron chi connectivity index (χ0n) is 22.8. The van der Waals surface area contributed by atoms with Crippen molar-refractivity contribution in [3.8, 4) is 0 Å². The number of thiophene rings is 1. The van der Waals surface area contributed by atoms with Crippen molar-refractivity contribution in [1.29, 1.82) is 0 Å². The lowest BCUT2D eigenvalue weighted by molar-refractivity contribution is -0.148. The summed E-state index contributed by atoms with van der Waals surface area (Å²) in [5.41, 5.74) is 3.01. The first-order valence-electron chi connectivity index (χ1n) is 13.7. The maximum Gasteiger partial charge on any atom is 0.341 e. The number of hydrogen-bond donors (Lipinski definition) is 1. The van der Waals surface area contributed by atoms with Gasteiger partial charge in [-0.15, -0.1) is 11.3 Å². The number of nitrogens with one attached hydrogen (secondary N) is 1. The van der Waals surface area contributed by atoms with Crippen molar-refractivity contribution in [2.75, 3.05) is 25.1 Å². The van der Waals surface area contributed by atoms with Crippen LogP contribution in [0.5, 0.6) is 0 Å². The van der Waals surface area contributed by atoms with Crippen LogP contribution in [-0.2, 0) is 48.3 Å². The Morgan fingerprint density at radius 3 is 2.49 bits per heavy atom. The van der Waals surface area contributed by atoms with Gasteiger partial charge in [0.2, 0.25) is 10.0 Å². The van der Waals surface area contributed by atoms with Gasteiger partial charge in [-0.05, 0) is 67.9 Å². The SMILES string of the molecule is CCOC(=O)c1c(NC(=O)COC(=O)CC2c3ccccc3CCN2S(=O)(=O)c2ccccc2)sc2c1CCCC2. The Morgan fingerprint density at radius 1 is 0.976 bits per heavy atom. The van der Waals surface area contributed by atoms with Gasteiger partial charge in [0.05, 0.1) is 29.5 Å². The highest BCUT2D eigenvalue weighted by Gasteiger charge is 2.38. The second-order valence-corrected chi connectivity index (χ2v) is 12.9. The van der Waals surface area contributed by atoms with Gasteiger partial charge in [0, 0.05) is 11.4 Å². The second-order valence-electron chi connectivity index (χ2n) is 9.94. The Bertz CT molecular complexity index is 1550. The van der Waals surface area contributed by atoms with Crippen LogP contribution in [0.25, 0.3) is 0 Å². The monoisotopic (exact) mass is 596 g/mol. The molecule has 0 saturated carbocycles. The van der Waals surface area contributed by atoms with Crippen molar-refractivity contribution < 1.29 is 32.3 Å². The van der Waals surface area contributed by atoms with E-state index in [2.05, 4.69) is 5.32 Å². The minimum atomic E-state index is -3.89. The predicted octanol–water partition coefficient (Wildman–Crippen LogP) is 4.66. The molecule has 1 aliphatic carbocycles. The number of carbonyl (C=O) groups excluding carboxylic acids is 3. The molecular formula is C30H32N2O7S2. The number of amides is 1. The molecular weight excluding hydrogens is 564 g/mol. The summed E-state index contributed by atoms with van der Waals surface area (Å²) in [5.74, 6) is -1.76. The minimum Gasteiger partial charge on any atom is -0.462 e. The van der Waals surface area contributed by atoms with Crippen molar-refractivity contribution in [3.05, 3.63) is 81.7 Å². The molecule has 1 atom stereocenters. The van der Waals surface area contributed by atoms with Crippen LogP contribution in [0.15, 0.2) is 59.5 Å². The summed E-state index contributed by atoms with van der Waals surface area (Å²) in [6.07, 6.45) is 3.82. The van der Waals surface area contributed by atoms with E-state index in [0.29, 0.717) is 17.0 Å². The summed E-state index contributed by atoms with van der Waals surface area (Å²) < 4.78 is 39.0. The Labute approximate surface area is 243 Å². The number of aryl methyl sites for hydroxylation is 1. The summed E-state index contributed by atoms with van der Waals surface area (Å²) in [7, 11) is -3.89. The highest BCUT2D eigenvalue weighted by atomic mass is 32.2. The topological polar surface area (TPSA) is 119 Å². The van der Waals surface area contributed by atoms with Crippen LogP contribution in [-0.4, -0.2) is 50.3 Å². The Hall–Kier alpha value is -3.54. The molecule has 1 amide bonds. The van der Waals surface area contributed by atoms with E-state index in [1.165, 1.54) is 27.8 Å². The molecule has 5 rings (SSSR count). The van der Waals surface area contributed by atoms with Gasteiger partial charge < -0.3 is 14.8 Å². The van der Waals surface area contributed by atoms with E-state index >= 15 is 0 Å². The molecule has 2 heterocycles. The first kappa shape index (κ1) is 29.0. The molecule has 1 aromatic heterocycles. The molecule has 1 N–H and O–H groups in total. The molecule has 1 unspecified atom stereocenters. The van der Waals surface area contributed by atoms with Gasteiger partial charge in [-0.3, -0.25) is 9.59 Å². The third-order valence-electron chi connectivity index (χ3n) is 7.34. The number of fused-ring (bicyclic) bond motifs is 2. The maximum atomic E-state index is 13.5. The molecule has 0 radical (unpaired) electrons. The lowest BCUT2D eigenvalue weighted by atomic mass is 9.92. The number of benzene rings is 2. The van der Waals surface area contributed by atoms with Crippen molar-refractivity contribution in [2.24, 2.45) is 0 Å². The average molecular weight is 597 g/mol. The molecule has 0 fully saturated rings. The summed E-state index contributed by atoms with van der Waals surface area (Å²) in [6.45, 7) is 1.59. The molecule has 0 saturated heterocycles. The highest BCUT2D eigenvalue weighted by molar-refractivity contribution is 7.89. The van der Waals surface area contributed by atoms with Crippen LogP contribution in [0, 0.1) is 0 Å². The summed E-state index contributed by atoms with van der Waals surface area (Å²) in [5, 5.41) is 3.13. The van der Waals surface area contributed by atoms with E-state index in [1.54, 1.807) is 25.1 Å². The zero-order valence-corrected chi connectivity index (χ0v) is 24.4. The summed E-state index contributed by atoms with van der Waals surface area (Å²) in [6, 6.07) is 14.8. The summed E-state index contributed by atoms with van der Waals surface area (Å²) >= 11 is 1.35. The van der Waals surface area contributed by atoms with Gasteiger partial charge in [0.15, 0.2) is 6.61 Å². The third-order valence-corrected chi connectivity index (χ3v) is 10.5. The van der Waals surface area contributed by atoms with Gasteiger partial charge >= 0.3 is 11.9 Å². The minimum absolute atomic E-state index is 0.146. The largest absolute Gasteiger partial charge is 0.462 e. The number of hydrogen-bond acceptors (Lipinski definition) is 8. The molecule has 2 aromatic carbocycles. The van der Waals surface area contributed by atoms with Crippen LogP contribution < -0.4 is 5.32 Å². The van der Waals surface area contributed by atoms with Gasteiger partial charge in [-0.25, -0.2) is 13.2 Å². The van der Waals surface area contributed by atoms with Gasteiger partial charge in [-0.2, -0.15) is 4.31 Å². The number of anilines is 1. The average Bonchev–Trinajstić information content (AvgIpc) is 3.34. The molecule has 2 aliphatic rings. The van der Waals surface area contributed by atoms with Crippen LogP contribution in [0.2, 0.25) is 0 Å². The Kier molecular flexibility index (Phi) is 8.86. The van der Waals surface area contributed by atoms with Crippen LogP contribution >= 0.6 is 11.3 Å².